The molecule has 0 N–H and O–H groups in total. The van der Waals surface area contributed by atoms with Crippen LogP contribution in [-0.4, -0.2) is 91.2 Å². The summed E-state index contributed by atoms with van der Waals surface area (Å²) in [6.45, 7) is 3.99. The molecule has 10 heteroatoms. The standard InChI is InChI=1S/C30H36O10/c31-29-11-5-25-1-7-27(8-2-25)37-21-17-33-13-14-34-18-22-38-28-9-3-26(4-10-28)6-12-30(32)40-24-20-36-16-15-35-19-23-39-29/h1-12H,13-24H2/b11-5-,12-6?. The zero-order valence-electron chi connectivity index (χ0n) is 22.5. The van der Waals surface area contributed by atoms with Gasteiger partial charge in [0, 0.05) is 12.2 Å². The SMILES string of the molecule is O=C1C=Cc2ccc(cc2)OCCOCCOCCOc2ccc(cc2)/C=C\C(=O)OCCOCCOCCO1. The van der Waals surface area contributed by atoms with E-state index in [0.717, 1.165) is 11.1 Å². The van der Waals surface area contributed by atoms with Crippen LogP contribution in [0.5, 0.6) is 11.5 Å². The maximum atomic E-state index is 11.9. The van der Waals surface area contributed by atoms with Crippen molar-refractivity contribution in [3.05, 3.63) is 71.8 Å². The Hall–Kier alpha value is -3.70. The lowest BCUT2D eigenvalue weighted by Crippen LogP contribution is -2.14. The molecule has 0 saturated carbocycles. The first kappa shape index (κ1) is 30.8. The summed E-state index contributed by atoms with van der Waals surface area (Å²) in [5.41, 5.74) is 1.68. The van der Waals surface area contributed by atoms with Crippen LogP contribution in [0.4, 0.5) is 0 Å². The number of esters is 2. The first-order valence-corrected chi connectivity index (χ1v) is 13.2. The number of carbonyl (C=O) groups excluding carboxylic acids is 2. The molecular formula is C30H36O10. The smallest absolute Gasteiger partial charge is 0.330 e. The lowest BCUT2D eigenvalue weighted by Gasteiger charge is -2.09. The lowest BCUT2D eigenvalue weighted by molar-refractivity contribution is -0.141. The number of carbonyl (C=O) groups is 2. The third-order valence-corrected chi connectivity index (χ3v) is 5.26. The largest absolute Gasteiger partial charge is 0.491 e. The summed E-state index contributed by atoms with van der Waals surface area (Å²) in [5.74, 6) is 0.498. The number of ether oxygens (including phenoxy) is 8. The Bertz CT molecular complexity index is 962. The fourth-order valence-electron chi connectivity index (χ4n) is 3.26. The van der Waals surface area contributed by atoms with Gasteiger partial charge in [0.2, 0.25) is 0 Å². The van der Waals surface area contributed by atoms with E-state index in [1.54, 1.807) is 12.2 Å². The first-order chi connectivity index (χ1) is 19.7. The molecule has 2 aromatic carbocycles. The molecule has 10 nitrogen and oxygen atoms in total. The maximum absolute atomic E-state index is 11.9. The molecule has 3 heterocycles. The maximum Gasteiger partial charge on any atom is 0.330 e. The molecule has 40 heavy (non-hydrogen) atoms. The van der Waals surface area contributed by atoms with Crippen molar-refractivity contribution in [1.82, 2.24) is 0 Å². The minimum Gasteiger partial charge on any atom is -0.491 e. The Morgan fingerprint density at radius 1 is 0.350 bits per heavy atom. The monoisotopic (exact) mass is 556 g/mol. The Morgan fingerprint density at radius 2 is 0.650 bits per heavy atom. The topological polar surface area (TPSA) is 108 Å². The normalized spacial score (nSPS) is 18.9. The Balaban J connectivity index is 1.42. The summed E-state index contributed by atoms with van der Waals surface area (Å²) in [7, 11) is 0. The van der Waals surface area contributed by atoms with Crippen molar-refractivity contribution < 1.29 is 47.5 Å². The van der Waals surface area contributed by atoms with Crippen molar-refractivity contribution in [2.75, 3.05) is 79.3 Å². The Labute approximate surface area is 234 Å². The van der Waals surface area contributed by atoms with Gasteiger partial charge in [0.15, 0.2) is 0 Å². The molecule has 5 rings (SSSR count). The van der Waals surface area contributed by atoms with E-state index in [4.69, 9.17) is 37.9 Å². The lowest BCUT2D eigenvalue weighted by atomic mass is 10.2. The van der Waals surface area contributed by atoms with E-state index in [1.807, 2.05) is 48.5 Å². The summed E-state index contributed by atoms with van der Waals surface area (Å²) >= 11 is 0. The predicted octanol–water partition coefficient (Wildman–Crippen LogP) is 3.34. The second kappa shape index (κ2) is 19.4. The minimum absolute atomic E-state index is 0.129. The zero-order valence-corrected chi connectivity index (χ0v) is 22.5. The van der Waals surface area contributed by atoms with Gasteiger partial charge < -0.3 is 37.9 Å². The average Bonchev–Trinajstić information content (AvgIpc) is 2.97. The molecule has 0 aromatic heterocycles. The van der Waals surface area contributed by atoms with Gasteiger partial charge in [0.1, 0.15) is 37.9 Å². The van der Waals surface area contributed by atoms with E-state index in [0.29, 0.717) is 64.4 Å². The third kappa shape index (κ3) is 13.9. The highest BCUT2D eigenvalue weighted by Gasteiger charge is 2.01. The Kier molecular flexibility index (Phi) is 14.9. The van der Waals surface area contributed by atoms with Gasteiger partial charge in [-0.1, -0.05) is 24.3 Å². The van der Waals surface area contributed by atoms with Crippen molar-refractivity contribution in [2.45, 2.75) is 0 Å². The highest BCUT2D eigenvalue weighted by atomic mass is 16.6. The van der Waals surface area contributed by atoms with Crippen LogP contribution in [0.2, 0.25) is 0 Å². The molecule has 0 unspecified atom stereocenters. The first-order valence-electron chi connectivity index (χ1n) is 13.2. The molecule has 4 bridgehead atoms. The summed E-state index contributed by atoms with van der Waals surface area (Å²) in [4.78, 5) is 23.7. The van der Waals surface area contributed by atoms with Gasteiger partial charge in [-0.05, 0) is 47.5 Å². The van der Waals surface area contributed by atoms with Gasteiger partial charge in [-0.3, -0.25) is 0 Å². The molecule has 0 fully saturated rings. The number of fused-ring (bicyclic) bond motifs is 2. The summed E-state index contributed by atoms with van der Waals surface area (Å²) < 4.78 is 43.4. The van der Waals surface area contributed by atoms with Crippen molar-refractivity contribution >= 4 is 24.1 Å². The molecule has 0 amide bonds. The number of rotatable bonds is 0. The minimum atomic E-state index is -0.459. The quantitative estimate of drug-likeness (QED) is 0.449. The van der Waals surface area contributed by atoms with Crippen molar-refractivity contribution in [2.24, 2.45) is 0 Å². The number of hydrogen-bond acceptors (Lipinski definition) is 10. The molecule has 0 aliphatic carbocycles. The molecule has 0 saturated heterocycles. The van der Waals surface area contributed by atoms with Crippen LogP contribution in [0.15, 0.2) is 60.7 Å². The fraction of sp³-hybridized carbons (Fsp3) is 0.400. The average molecular weight is 557 g/mol. The number of hydrogen-bond donors (Lipinski definition) is 0. The highest BCUT2D eigenvalue weighted by molar-refractivity contribution is 5.87. The van der Waals surface area contributed by atoms with Gasteiger partial charge in [-0.15, -0.1) is 0 Å². The Morgan fingerprint density at radius 3 is 1.00 bits per heavy atom. The van der Waals surface area contributed by atoms with Gasteiger partial charge >= 0.3 is 11.9 Å². The van der Waals surface area contributed by atoms with Gasteiger partial charge in [-0.2, -0.15) is 0 Å². The molecule has 216 valence electrons. The van der Waals surface area contributed by atoms with E-state index >= 15 is 0 Å². The second-order valence-electron chi connectivity index (χ2n) is 8.29. The van der Waals surface area contributed by atoms with Gasteiger partial charge in [0.25, 0.3) is 0 Å². The van der Waals surface area contributed by atoms with Crippen molar-refractivity contribution in [3.8, 4) is 11.5 Å². The van der Waals surface area contributed by atoms with E-state index in [2.05, 4.69) is 0 Å². The molecule has 0 spiro atoms. The van der Waals surface area contributed by atoms with Crippen LogP contribution < -0.4 is 9.47 Å². The van der Waals surface area contributed by atoms with Crippen LogP contribution in [0.25, 0.3) is 12.2 Å². The van der Waals surface area contributed by atoms with Crippen molar-refractivity contribution in [3.63, 3.8) is 0 Å². The van der Waals surface area contributed by atoms with Crippen LogP contribution in [0, 0.1) is 0 Å². The van der Waals surface area contributed by atoms with Crippen molar-refractivity contribution in [1.29, 1.82) is 0 Å². The summed E-state index contributed by atoms with van der Waals surface area (Å²) in [5, 5.41) is 0. The fourth-order valence-corrected chi connectivity index (χ4v) is 3.26. The molecule has 2 aromatic rings. The van der Waals surface area contributed by atoms with Gasteiger partial charge in [0.05, 0.1) is 52.9 Å². The van der Waals surface area contributed by atoms with Crippen LogP contribution >= 0.6 is 0 Å². The zero-order chi connectivity index (χ0) is 28.1. The van der Waals surface area contributed by atoms with Crippen LogP contribution in [0.3, 0.4) is 0 Å². The number of benzene rings is 2. The highest BCUT2D eigenvalue weighted by Crippen LogP contribution is 2.14. The third-order valence-electron chi connectivity index (χ3n) is 5.26. The van der Waals surface area contributed by atoms with E-state index in [-0.39, 0.29) is 26.4 Å². The van der Waals surface area contributed by atoms with Crippen LogP contribution in [-0.2, 0) is 38.0 Å². The summed E-state index contributed by atoms with van der Waals surface area (Å²) in [6, 6.07) is 14.7. The molecule has 0 atom stereocenters. The second-order valence-corrected chi connectivity index (χ2v) is 8.29. The van der Waals surface area contributed by atoms with E-state index < -0.39 is 11.9 Å². The molecule has 3 aliphatic rings. The van der Waals surface area contributed by atoms with Gasteiger partial charge in [-0.25, -0.2) is 9.59 Å². The molecular weight excluding hydrogens is 520 g/mol. The summed E-state index contributed by atoms with van der Waals surface area (Å²) in [6.07, 6.45) is 6.05. The molecule has 3 aliphatic heterocycles. The van der Waals surface area contributed by atoms with Crippen LogP contribution in [0.1, 0.15) is 11.1 Å². The molecule has 0 radical (unpaired) electrons. The predicted molar refractivity (Wildman–Crippen MR) is 147 cm³/mol. The van der Waals surface area contributed by atoms with E-state index in [9.17, 15) is 9.59 Å². The van der Waals surface area contributed by atoms with E-state index in [1.165, 1.54) is 12.2 Å².